The summed E-state index contributed by atoms with van der Waals surface area (Å²) >= 11 is 0. The van der Waals surface area contributed by atoms with Gasteiger partial charge in [0.05, 0.1) is 36.3 Å². The number of nitro benzene ring substituents is 1. The highest BCUT2D eigenvalue weighted by atomic mass is 19.4. The molecule has 0 bridgehead atoms. The second-order valence-electron chi connectivity index (χ2n) is 6.96. The Balaban J connectivity index is 2.14. The summed E-state index contributed by atoms with van der Waals surface area (Å²) in [4.78, 5) is 26.6. The van der Waals surface area contributed by atoms with Gasteiger partial charge in [-0.2, -0.15) is 18.2 Å². The van der Waals surface area contributed by atoms with E-state index in [2.05, 4.69) is 10.3 Å². The lowest BCUT2D eigenvalue weighted by molar-refractivity contribution is -0.385. The van der Waals surface area contributed by atoms with Gasteiger partial charge in [0.1, 0.15) is 5.82 Å². The van der Waals surface area contributed by atoms with Crippen LogP contribution in [0.15, 0.2) is 35.1 Å². The number of anilines is 1. The Morgan fingerprint density at radius 3 is 2.31 bits per heavy atom. The molecule has 1 unspecified atom stereocenters. The van der Waals surface area contributed by atoms with Gasteiger partial charge in [-0.3, -0.25) is 14.7 Å². The molecule has 0 fully saturated rings. The van der Waals surface area contributed by atoms with E-state index in [1.165, 1.54) is 32.8 Å². The average molecular weight is 452 g/mol. The van der Waals surface area contributed by atoms with Crippen molar-refractivity contribution in [2.45, 2.75) is 19.1 Å². The SMILES string of the molecule is COc1cc2c(NC(C)c3cc([N+](=O)[O-])cc(C(F)(F)F)c3)nc(=O)n(C)c2cc1OC. The fraction of sp³-hybridized carbons (Fsp3) is 0.300. The van der Waals surface area contributed by atoms with Gasteiger partial charge in [-0.1, -0.05) is 0 Å². The van der Waals surface area contributed by atoms with Crippen LogP contribution in [-0.4, -0.2) is 28.7 Å². The molecule has 0 saturated heterocycles. The molecule has 3 rings (SSSR count). The van der Waals surface area contributed by atoms with Crippen molar-refractivity contribution in [1.82, 2.24) is 9.55 Å². The summed E-state index contributed by atoms with van der Waals surface area (Å²) in [6, 6.07) is 4.62. The van der Waals surface area contributed by atoms with Gasteiger partial charge in [0, 0.05) is 30.6 Å². The summed E-state index contributed by atoms with van der Waals surface area (Å²) in [5.41, 5.74) is -2.02. The number of nitro groups is 1. The number of hydrogen-bond donors (Lipinski definition) is 1. The number of non-ortho nitro benzene ring substituents is 1. The first kappa shape index (κ1) is 22.8. The number of aryl methyl sites for hydroxylation is 1. The quantitative estimate of drug-likeness (QED) is 0.444. The first-order chi connectivity index (χ1) is 15.0. The van der Waals surface area contributed by atoms with Crippen molar-refractivity contribution in [3.63, 3.8) is 0 Å². The van der Waals surface area contributed by atoms with Crippen LogP contribution in [0.2, 0.25) is 0 Å². The van der Waals surface area contributed by atoms with Gasteiger partial charge in [0.2, 0.25) is 0 Å². The number of ether oxygens (including phenoxy) is 2. The Morgan fingerprint density at radius 1 is 1.12 bits per heavy atom. The molecule has 2 aromatic carbocycles. The Hall–Kier alpha value is -3.83. The molecule has 12 heteroatoms. The van der Waals surface area contributed by atoms with Crippen molar-refractivity contribution in [1.29, 1.82) is 0 Å². The molecule has 0 saturated carbocycles. The van der Waals surface area contributed by atoms with Crippen LogP contribution < -0.4 is 20.5 Å². The molecule has 32 heavy (non-hydrogen) atoms. The van der Waals surface area contributed by atoms with Crippen LogP contribution in [0.4, 0.5) is 24.7 Å². The van der Waals surface area contributed by atoms with Gasteiger partial charge in [-0.25, -0.2) is 4.79 Å². The number of aromatic nitrogens is 2. The van der Waals surface area contributed by atoms with Crippen LogP contribution in [0, 0.1) is 10.1 Å². The first-order valence-electron chi connectivity index (χ1n) is 9.22. The molecule has 0 aliphatic heterocycles. The van der Waals surface area contributed by atoms with Crippen LogP contribution in [0.1, 0.15) is 24.1 Å². The van der Waals surface area contributed by atoms with Gasteiger partial charge in [-0.15, -0.1) is 0 Å². The number of rotatable bonds is 6. The minimum atomic E-state index is -4.77. The third-order valence-corrected chi connectivity index (χ3v) is 4.94. The summed E-state index contributed by atoms with van der Waals surface area (Å²) in [5, 5.41) is 14.5. The zero-order chi connectivity index (χ0) is 23.8. The molecule has 1 aromatic heterocycles. The lowest BCUT2D eigenvalue weighted by Crippen LogP contribution is -2.23. The molecule has 1 atom stereocenters. The van der Waals surface area contributed by atoms with E-state index < -0.39 is 34.1 Å². The van der Waals surface area contributed by atoms with E-state index in [1.807, 2.05) is 0 Å². The zero-order valence-corrected chi connectivity index (χ0v) is 17.5. The zero-order valence-electron chi connectivity index (χ0n) is 17.5. The maximum atomic E-state index is 13.2. The smallest absolute Gasteiger partial charge is 0.416 e. The molecule has 0 aliphatic rings. The first-order valence-corrected chi connectivity index (χ1v) is 9.22. The number of halogens is 3. The van der Waals surface area contributed by atoms with Crippen molar-refractivity contribution in [2.75, 3.05) is 19.5 Å². The number of fused-ring (bicyclic) bond motifs is 1. The molecule has 170 valence electrons. The summed E-state index contributed by atoms with van der Waals surface area (Å²) in [5.74, 6) is 0.802. The molecule has 9 nitrogen and oxygen atoms in total. The molecule has 0 aliphatic carbocycles. The molecular weight excluding hydrogens is 433 g/mol. The number of methoxy groups -OCH3 is 2. The van der Waals surface area contributed by atoms with Crippen molar-refractivity contribution in [2.24, 2.45) is 7.05 Å². The normalized spacial score (nSPS) is 12.5. The van der Waals surface area contributed by atoms with Crippen LogP contribution >= 0.6 is 0 Å². The Kier molecular flexibility index (Phi) is 5.97. The summed E-state index contributed by atoms with van der Waals surface area (Å²) in [6.45, 7) is 1.50. The standard InChI is InChI=1S/C20H19F3N4O5/c1-10(11-5-12(20(21,22)23)7-13(6-11)27(29)30)24-18-14-8-16(31-3)17(32-4)9-15(14)26(2)19(28)25-18/h5-10H,1-4H3,(H,24,25,28). The lowest BCUT2D eigenvalue weighted by Gasteiger charge is -2.19. The highest BCUT2D eigenvalue weighted by Gasteiger charge is 2.33. The van der Waals surface area contributed by atoms with Crippen LogP contribution in [0.25, 0.3) is 10.9 Å². The molecule has 0 amide bonds. The Labute approximate surface area is 179 Å². The second kappa shape index (κ2) is 8.36. The number of benzene rings is 2. The van der Waals surface area contributed by atoms with E-state index in [0.717, 1.165) is 12.1 Å². The molecular formula is C20H19F3N4O5. The molecule has 1 heterocycles. The number of nitrogens with one attached hydrogen (secondary N) is 1. The van der Waals surface area contributed by atoms with Crippen LogP contribution in [0.3, 0.4) is 0 Å². The maximum absolute atomic E-state index is 13.2. The predicted octanol–water partition coefficient (Wildman–Crippen LogP) is 4.05. The van der Waals surface area contributed by atoms with E-state index in [9.17, 15) is 28.1 Å². The summed E-state index contributed by atoms with van der Waals surface area (Å²) in [6.07, 6.45) is -4.77. The Morgan fingerprint density at radius 2 is 1.75 bits per heavy atom. The monoisotopic (exact) mass is 452 g/mol. The minimum Gasteiger partial charge on any atom is -0.493 e. The van der Waals surface area contributed by atoms with Crippen molar-refractivity contribution < 1.29 is 27.6 Å². The molecule has 0 spiro atoms. The van der Waals surface area contributed by atoms with Gasteiger partial charge in [0.25, 0.3) is 5.69 Å². The number of hydrogen-bond acceptors (Lipinski definition) is 7. The maximum Gasteiger partial charge on any atom is 0.416 e. The predicted molar refractivity (Wildman–Crippen MR) is 110 cm³/mol. The van der Waals surface area contributed by atoms with E-state index in [4.69, 9.17) is 9.47 Å². The highest BCUT2D eigenvalue weighted by Crippen LogP contribution is 2.37. The fourth-order valence-electron chi connectivity index (χ4n) is 3.22. The molecule has 3 aromatic rings. The van der Waals surface area contributed by atoms with Gasteiger partial charge < -0.3 is 14.8 Å². The third kappa shape index (κ3) is 4.29. The van der Waals surface area contributed by atoms with Gasteiger partial charge in [0.15, 0.2) is 11.5 Å². The second-order valence-corrected chi connectivity index (χ2v) is 6.96. The van der Waals surface area contributed by atoms with E-state index in [-0.39, 0.29) is 11.4 Å². The lowest BCUT2D eigenvalue weighted by atomic mass is 10.0. The van der Waals surface area contributed by atoms with Gasteiger partial charge >= 0.3 is 11.9 Å². The van der Waals surface area contributed by atoms with E-state index in [0.29, 0.717) is 28.5 Å². The number of alkyl halides is 3. The minimum absolute atomic E-state index is 0.00243. The molecule has 0 radical (unpaired) electrons. The van der Waals surface area contributed by atoms with Crippen LogP contribution in [0.5, 0.6) is 11.5 Å². The highest BCUT2D eigenvalue weighted by molar-refractivity contribution is 5.92. The van der Waals surface area contributed by atoms with Crippen molar-refractivity contribution in [3.05, 3.63) is 62.1 Å². The third-order valence-electron chi connectivity index (χ3n) is 4.94. The molecule has 1 N–H and O–H groups in total. The van der Waals surface area contributed by atoms with Crippen molar-refractivity contribution >= 4 is 22.4 Å². The summed E-state index contributed by atoms with van der Waals surface area (Å²) in [7, 11) is 4.37. The topological polar surface area (TPSA) is 109 Å². The average Bonchev–Trinajstić information content (AvgIpc) is 2.75. The van der Waals surface area contributed by atoms with Crippen LogP contribution in [-0.2, 0) is 13.2 Å². The van der Waals surface area contributed by atoms with E-state index >= 15 is 0 Å². The fourth-order valence-corrected chi connectivity index (χ4v) is 3.22. The van der Waals surface area contributed by atoms with Gasteiger partial charge in [-0.05, 0) is 24.6 Å². The van der Waals surface area contributed by atoms with Crippen molar-refractivity contribution in [3.8, 4) is 11.5 Å². The van der Waals surface area contributed by atoms with E-state index in [1.54, 1.807) is 12.1 Å². The number of nitrogens with zero attached hydrogens (tertiary/aromatic N) is 3. The largest absolute Gasteiger partial charge is 0.493 e. The Bertz CT molecular complexity index is 1260. The summed E-state index contributed by atoms with van der Waals surface area (Å²) < 4.78 is 51.5.